The van der Waals surface area contributed by atoms with E-state index in [4.69, 9.17) is 0 Å². The third-order valence-corrected chi connectivity index (χ3v) is 1.95. The third-order valence-electron chi connectivity index (χ3n) is 1.95. The van der Waals surface area contributed by atoms with Crippen molar-refractivity contribution in [3.63, 3.8) is 0 Å². The van der Waals surface area contributed by atoms with Crippen molar-refractivity contribution in [2.75, 3.05) is 5.32 Å². The lowest BCUT2D eigenvalue weighted by atomic mass is 10.5. The van der Waals surface area contributed by atoms with Crippen LogP contribution in [-0.4, -0.2) is 25.1 Å². The zero-order valence-corrected chi connectivity index (χ0v) is 8.26. The lowest BCUT2D eigenvalue weighted by molar-refractivity contribution is -0.114. The molecule has 0 spiro atoms. The van der Waals surface area contributed by atoms with Crippen molar-refractivity contribution in [2.45, 2.75) is 6.92 Å². The van der Waals surface area contributed by atoms with Crippen LogP contribution in [-0.2, 0) is 11.8 Å². The Labute approximate surface area is 84.4 Å². The van der Waals surface area contributed by atoms with E-state index in [0.717, 1.165) is 0 Å². The molecule has 0 fully saturated rings. The molecule has 1 amide bonds. The molecule has 15 heavy (non-hydrogen) atoms. The Morgan fingerprint density at radius 2 is 2.27 bits per heavy atom. The number of hydrogen-bond donors (Lipinski definition) is 1. The summed E-state index contributed by atoms with van der Waals surface area (Å²) in [5.74, 6) is 0.435. The number of rotatable bonds is 1. The predicted octanol–water partition coefficient (Wildman–Crippen LogP) is -0.614. The average Bonchev–Trinajstić information content (AvgIpc) is 2.61. The van der Waals surface area contributed by atoms with Crippen LogP contribution in [0.1, 0.15) is 6.92 Å². The maximum atomic E-state index is 11.5. The normalized spacial score (nSPS) is 10.5. The number of fused-ring (bicyclic) bond motifs is 1. The molecule has 7 heteroatoms. The van der Waals surface area contributed by atoms with E-state index in [2.05, 4.69) is 15.4 Å². The molecule has 0 aliphatic rings. The predicted molar refractivity (Wildman–Crippen MR) is 52.5 cm³/mol. The van der Waals surface area contributed by atoms with E-state index in [1.807, 2.05) is 0 Å². The first-order valence-corrected chi connectivity index (χ1v) is 4.27. The molecule has 0 unspecified atom stereocenters. The van der Waals surface area contributed by atoms with Crippen LogP contribution < -0.4 is 10.9 Å². The summed E-state index contributed by atoms with van der Waals surface area (Å²) in [7, 11) is 1.59. The number of amides is 1. The van der Waals surface area contributed by atoms with Gasteiger partial charge in [-0.15, -0.1) is 0 Å². The monoisotopic (exact) mass is 207 g/mol. The third kappa shape index (κ3) is 1.47. The summed E-state index contributed by atoms with van der Waals surface area (Å²) in [5.41, 5.74) is -0.251. The molecule has 1 N–H and O–H groups in total. The van der Waals surface area contributed by atoms with Gasteiger partial charge >= 0.3 is 0 Å². The number of aromatic nitrogens is 4. The highest BCUT2D eigenvalue weighted by Gasteiger charge is 2.08. The number of hydrogen-bond acceptors (Lipinski definition) is 4. The van der Waals surface area contributed by atoms with Crippen LogP contribution in [0.4, 0.5) is 5.82 Å². The highest BCUT2D eigenvalue weighted by molar-refractivity contribution is 5.87. The molecule has 2 heterocycles. The summed E-state index contributed by atoms with van der Waals surface area (Å²) in [4.78, 5) is 26.3. The van der Waals surface area contributed by atoms with Gasteiger partial charge in [0.15, 0.2) is 0 Å². The summed E-state index contributed by atoms with van der Waals surface area (Å²) in [6.07, 6.45) is 1.32. The maximum absolute atomic E-state index is 11.5. The van der Waals surface area contributed by atoms with Crippen LogP contribution in [0, 0.1) is 0 Å². The summed E-state index contributed by atoms with van der Waals surface area (Å²) in [5, 5.41) is 6.41. The van der Waals surface area contributed by atoms with Gasteiger partial charge in [-0.2, -0.15) is 14.6 Å². The molecule has 0 saturated carbocycles. The molecule has 7 nitrogen and oxygen atoms in total. The summed E-state index contributed by atoms with van der Waals surface area (Å²) < 4.78 is 2.74. The van der Waals surface area contributed by atoms with Crippen LogP contribution in [0.3, 0.4) is 0 Å². The first-order chi connectivity index (χ1) is 7.09. The fraction of sp³-hybridized carbons (Fsp3) is 0.250. The zero-order chi connectivity index (χ0) is 11.0. The van der Waals surface area contributed by atoms with E-state index in [-0.39, 0.29) is 11.5 Å². The van der Waals surface area contributed by atoms with Gasteiger partial charge in [-0.1, -0.05) is 0 Å². The number of nitrogens with zero attached hydrogens (tertiary/aromatic N) is 4. The number of carbonyl (C=O) groups is 1. The largest absolute Gasteiger partial charge is 0.311 e. The standard InChI is InChI=1S/C8H9N5O2/c1-5(14)11-6-3-7(15)12(2)8-9-4-10-13(6)8/h3-4H,1-2H3,(H,11,14). The van der Waals surface area contributed by atoms with Crippen molar-refractivity contribution in [1.82, 2.24) is 19.2 Å². The molecule has 0 saturated heterocycles. The van der Waals surface area contributed by atoms with Crippen LogP contribution >= 0.6 is 0 Å². The number of nitrogens with one attached hydrogen (secondary N) is 1. The number of anilines is 1. The van der Waals surface area contributed by atoms with Crippen molar-refractivity contribution in [2.24, 2.45) is 7.05 Å². The van der Waals surface area contributed by atoms with Gasteiger partial charge < -0.3 is 5.32 Å². The van der Waals surface area contributed by atoms with Crippen LogP contribution in [0.25, 0.3) is 5.78 Å². The molecule has 0 aromatic carbocycles. The minimum absolute atomic E-state index is 0.251. The van der Waals surface area contributed by atoms with E-state index < -0.39 is 0 Å². The highest BCUT2D eigenvalue weighted by atomic mass is 16.1. The molecule has 2 aromatic heterocycles. The van der Waals surface area contributed by atoms with Crippen molar-refractivity contribution < 1.29 is 4.79 Å². The second-order valence-electron chi connectivity index (χ2n) is 3.08. The highest BCUT2D eigenvalue weighted by Crippen LogP contribution is 2.04. The molecular weight excluding hydrogens is 198 g/mol. The Morgan fingerprint density at radius 3 is 2.93 bits per heavy atom. The van der Waals surface area contributed by atoms with Gasteiger partial charge in [-0.05, 0) is 0 Å². The van der Waals surface area contributed by atoms with E-state index in [1.54, 1.807) is 7.05 Å². The molecule has 0 radical (unpaired) electrons. The van der Waals surface area contributed by atoms with Crippen LogP contribution in [0.15, 0.2) is 17.2 Å². The quantitative estimate of drug-likeness (QED) is 0.676. The second-order valence-corrected chi connectivity index (χ2v) is 3.08. The Balaban J connectivity index is 2.74. The van der Waals surface area contributed by atoms with E-state index in [1.165, 1.54) is 28.4 Å². The Bertz CT molecular complexity index is 582. The SMILES string of the molecule is CC(=O)Nc1cc(=O)n(C)c2ncnn12. The minimum Gasteiger partial charge on any atom is -0.311 e. The fourth-order valence-corrected chi connectivity index (χ4v) is 1.28. The summed E-state index contributed by atoms with van der Waals surface area (Å²) >= 11 is 0. The lowest BCUT2D eigenvalue weighted by Gasteiger charge is -2.05. The summed E-state index contributed by atoms with van der Waals surface area (Å²) in [6, 6.07) is 1.29. The molecule has 2 aromatic rings. The molecule has 0 bridgehead atoms. The van der Waals surface area contributed by atoms with Crippen LogP contribution in [0.5, 0.6) is 0 Å². The molecule has 0 aliphatic heterocycles. The summed E-state index contributed by atoms with van der Waals surface area (Å²) in [6.45, 7) is 1.36. The van der Waals surface area contributed by atoms with Crippen molar-refractivity contribution in [3.05, 3.63) is 22.7 Å². The lowest BCUT2D eigenvalue weighted by Crippen LogP contribution is -2.22. The Morgan fingerprint density at radius 1 is 1.53 bits per heavy atom. The van der Waals surface area contributed by atoms with E-state index in [9.17, 15) is 9.59 Å². The molecule has 2 rings (SSSR count). The average molecular weight is 207 g/mol. The second kappa shape index (κ2) is 3.19. The van der Waals surface area contributed by atoms with Gasteiger partial charge in [0.2, 0.25) is 11.7 Å². The molecular formula is C8H9N5O2. The Hall–Kier alpha value is -2.18. The first-order valence-electron chi connectivity index (χ1n) is 4.27. The van der Waals surface area contributed by atoms with Gasteiger partial charge in [0.1, 0.15) is 12.1 Å². The van der Waals surface area contributed by atoms with Gasteiger partial charge in [0, 0.05) is 20.0 Å². The van der Waals surface area contributed by atoms with Crippen molar-refractivity contribution >= 4 is 17.5 Å². The number of aryl methyl sites for hydroxylation is 1. The smallest absolute Gasteiger partial charge is 0.256 e. The van der Waals surface area contributed by atoms with Gasteiger partial charge in [0.25, 0.3) is 5.56 Å². The molecule has 78 valence electrons. The minimum atomic E-state index is -0.264. The van der Waals surface area contributed by atoms with E-state index >= 15 is 0 Å². The zero-order valence-electron chi connectivity index (χ0n) is 8.26. The van der Waals surface area contributed by atoms with E-state index in [0.29, 0.717) is 11.6 Å². The van der Waals surface area contributed by atoms with Gasteiger partial charge in [-0.25, -0.2) is 0 Å². The van der Waals surface area contributed by atoms with Crippen molar-refractivity contribution in [3.8, 4) is 0 Å². The number of carbonyl (C=O) groups excluding carboxylic acids is 1. The van der Waals surface area contributed by atoms with Crippen LogP contribution in [0.2, 0.25) is 0 Å². The van der Waals surface area contributed by atoms with Crippen molar-refractivity contribution in [1.29, 1.82) is 0 Å². The molecule has 0 aliphatic carbocycles. The molecule has 0 atom stereocenters. The van der Waals surface area contributed by atoms with Gasteiger partial charge in [0.05, 0.1) is 0 Å². The van der Waals surface area contributed by atoms with Gasteiger partial charge in [-0.3, -0.25) is 14.2 Å². The Kier molecular flexibility index (Phi) is 2.00. The maximum Gasteiger partial charge on any atom is 0.256 e. The fourth-order valence-electron chi connectivity index (χ4n) is 1.28. The topological polar surface area (TPSA) is 81.3 Å². The first kappa shape index (κ1) is 9.38.